The molecule has 1 aliphatic heterocycles. The fraction of sp³-hybridized carbons (Fsp3) is 0.636. The summed E-state index contributed by atoms with van der Waals surface area (Å²) in [6, 6.07) is 0. The van der Waals surface area contributed by atoms with Crippen LogP contribution < -0.4 is 11.5 Å². The van der Waals surface area contributed by atoms with Crippen LogP contribution >= 0.6 is 0 Å². The van der Waals surface area contributed by atoms with Crippen molar-refractivity contribution in [1.82, 2.24) is 19.5 Å². The van der Waals surface area contributed by atoms with E-state index in [0.717, 1.165) is 32.1 Å². The second-order valence-corrected chi connectivity index (χ2v) is 8.88. The molecular weight excluding hydrogens is 428 g/mol. The summed E-state index contributed by atoms with van der Waals surface area (Å²) in [5.74, 6) is 6.90. The van der Waals surface area contributed by atoms with Crippen molar-refractivity contribution in [3.8, 4) is 11.8 Å². The molecule has 11 heteroatoms. The third kappa shape index (κ3) is 5.09. The Kier molecular flexibility index (Phi) is 7.09. The van der Waals surface area contributed by atoms with Crippen LogP contribution in [0.25, 0.3) is 11.2 Å². The largest absolute Gasteiger partial charge is 0.396 e. The lowest BCUT2D eigenvalue weighted by molar-refractivity contribution is -0.119. The average molecular weight is 459 g/mol. The number of nitrogens with zero attached hydrogens (tertiary/aromatic N) is 4. The third-order valence-electron chi connectivity index (χ3n) is 6.55. The van der Waals surface area contributed by atoms with Crippen LogP contribution in [-0.4, -0.2) is 65.7 Å². The van der Waals surface area contributed by atoms with Gasteiger partial charge in [0.2, 0.25) is 11.7 Å². The van der Waals surface area contributed by atoms with Gasteiger partial charge in [-0.25, -0.2) is 15.0 Å². The number of nitrogen functional groups attached to an aromatic ring is 1. The molecule has 0 radical (unpaired) electrons. The Morgan fingerprint density at radius 1 is 1.18 bits per heavy atom. The highest BCUT2D eigenvalue weighted by atomic mass is 16.6. The van der Waals surface area contributed by atoms with Crippen LogP contribution in [0.1, 0.15) is 57.0 Å². The van der Waals surface area contributed by atoms with Crippen molar-refractivity contribution in [3.05, 3.63) is 12.2 Å². The van der Waals surface area contributed by atoms with Crippen LogP contribution in [0.3, 0.4) is 0 Å². The van der Waals surface area contributed by atoms with E-state index in [9.17, 15) is 20.1 Å². The fourth-order valence-corrected chi connectivity index (χ4v) is 4.56. The Morgan fingerprint density at radius 3 is 2.61 bits per heavy atom. The van der Waals surface area contributed by atoms with Gasteiger partial charge < -0.3 is 31.5 Å². The monoisotopic (exact) mass is 458 g/mol. The predicted molar refractivity (Wildman–Crippen MR) is 118 cm³/mol. The molecule has 0 spiro atoms. The number of carbonyl (C=O) groups is 1. The molecule has 0 aromatic carbocycles. The van der Waals surface area contributed by atoms with Gasteiger partial charge in [-0.05, 0) is 49.9 Å². The first-order chi connectivity index (χ1) is 15.9. The molecule has 11 nitrogen and oxygen atoms in total. The molecular formula is C22H30N6O5. The van der Waals surface area contributed by atoms with Crippen LogP contribution in [-0.2, 0) is 9.53 Å². The number of amides is 1. The van der Waals surface area contributed by atoms with Gasteiger partial charge in [0.15, 0.2) is 17.7 Å². The summed E-state index contributed by atoms with van der Waals surface area (Å²) < 4.78 is 7.30. The maximum Gasteiger partial charge on any atom is 0.217 e. The van der Waals surface area contributed by atoms with Crippen LogP contribution in [0.2, 0.25) is 0 Å². The van der Waals surface area contributed by atoms with E-state index in [2.05, 4.69) is 26.8 Å². The minimum absolute atomic E-state index is 0.0301. The zero-order chi connectivity index (χ0) is 23.5. The van der Waals surface area contributed by atoms with Crippen molar-refractivity contribution >= 4 is 22.9 Å². The summed E-state index contributed by atoms with van der Waals surface area (Å²) in [5, 5.41) is 30.1. The van der Waals surface area contributed by atoms with Gasteiger partial charge >= 0.3 is 0 Å². The number of primary amides is 1. The average Bonchev–Trinajstić information content (AvgIpc) is 3.34. The zero-order valence-corrected chi connectivity index (χ0v) is 18.3. The van der Waals surface area contributed by atoms with E-state index in [1.165, 1.54) is 10.9 Å². The summed E-state index contributed by atoms with van der Waals surface area (Å²) in [4.78, 5) is 24.0. The molecule has 0 unspecified atom stereocenters. The van der Waals surface area contributed by atoms with Gasteiger partial charge in [0, 0.05) is 19.4 Å². The smallest absolute Gasteiger partial charge is 0.217 e. The predicted octanol–water partition coefficient (Wildman–Crippen LogP) is -0.166. The Balaban J connectivity index is 1.51. The molecule has 1 saturated heterocycles. The van der Waals surface area contributed by atoms with Crippen molar-refractivity contribution in [2.75, 3.05) is 12.3 Å². The van der Waals surface area contributed by atoms with E-state index in [4.69, 9.17) is 16.2 Å². The maximum atomic E-state index is 11.1. The lowest BCUT2D eigenvalue weighted by atomic mass is 9.81. The molecule has 1 aliphatic carbocycles. The molecule has 2 fully saturated rings. The second kappa shape index (κ2) is 10.0. The number of fused-ring (bicyclic) bond motifs is 1. The van der Waals surface area contributed by atoms with Gasteiger partial charge in [0.1, 0.15) is 17.7 Å². The zero-order valence-electron chi connectivity index (χ0n) is 18.3. The van der Waals surface area contributed by atoms with Crippen molar-refractivity contribution in [3.63, 3.8) is 0 Å². The topological polar surface area (TPSA) is 183 Å². The third-order valence-corrected chi connectivity index (χ3v) is 6.55. The van der Waals surface area contributed by atoms with E-state index >= 15 is 0 Å². The number of ether oxygens (including phenoxy) is 1. The molecule has 33 heavy (non-hydrogen) atoms. The summed E-state index contributed by atoms with van der Waals surface area (Å²) >= 11 is 0. The highest BCUT2D eigenvalue weighted by Gasteiger charge is 2.44. The molecule has 2 aromatic heterocycles. The number of imidazole rings is 1. The minimum atomic E-state index is -1.25. The maximum absolute atomic E-state index is 11.1. The molecule has 0 bridgehead atoms. The first kappa shape index (κ1) is 23.4. The quantitative estimate of drug-likeness (QED) is 0.367. The van der Waals surface area contributed by atoms with E-state index in [1.807, 2.05) is 0 Å². The van der Waals surface area contributed by atoms with E-state index in [-0.39, 0.29) is 31.1 Å². The number of aromatic nitrogens is 4. The molecule has 178 valence electrons. The van der Waals surface area contributed by atoms with Gasteiger partial charge in [-0.15, -0.1) is 0 Å². The standard InChI is InChI=1S/C22H30N6O5/c23-15(30)9-8-14-18(31)19(32)22(33-14)28-11-25-17-20(24)26-16(27-21(17)28)3-1-2-12-4-6-13(10-29)7-5-12/h11-14,18-19,22,29,31-32H,2,4-10H2,(H2,23,30)(H2,24,26,27)/t12?,13?,14-,18-,19+,22+/m0/s1. The fourth-order valence-electron chi connectivity index (χ4n) is 4.56. The molecule has 4 atom stereocenters. The van der Waals surface area contributed by atoms with Crippen LogP contribution in [0, 0.1) is 23.7 Å². The first-order valence-corrected chi connectivity index (χ1v) is 11.3. The Morgan fingerprint density at radius 2 is 1.91 bits per heavy atom. The van der Waals surface area contributed by atoms with Crippen LogP contribution in [0.5, 0.6) is 0 Å². The lowest BCUT2D eigenvalue weighted by Crippen LogP contribution is -2.32. The normalized spacial score (nSPS) is 29.7. The molecule has 1 saturated carbocycles. The number of anilines is 1. The van der Waals surface area contributed by atoms with E-state index in [1.54, 1.807) is 0 Å². The van der Waals surface area contributed by atoms with Gasteiger partial charge in [0.25, 0.3) is 0 Å². The summed E-state index contributed by atoms with van der Waals surface area (Å²) in [6.45, 7) is 0.252. The highest BCUT2D eigenvalue weighted by Crippen LogP contribution is 2.34. The van der Waals surface area contributed by atoms with E-state index < -0.39 is 30.4 Å². The molecule has 1 amide bonds. The second-order valence-electron chi connectivity index (χ2n) is 8.88. The van der Waals surface area contributed by atoms with Gasteiger partial charge in [-0.1, -0.05) is 5.92 Å². The Bertz CT molecular complexity index is 1050. The van der Waals surface area contributed by atoms with Crippen molar-refractivity contribution in [2.45, 2.75) is 69.5 Å². The number of aliphatic hydroxyl groups excluding tert-OH is 3. The number of nitrogens with two attached hydrogens (primary N) is 2. The summed E-state index contributed by atoms with van der Waals surface area (Å²) in [6.07, 6.45) is 2.34. The van der Waals surface area contributed by atoms with Gasteiger partial charge in [-0.3, -0.25) is 9.36 Å². The lowest BCUT2D eigenvalue weighted by Gasteiger charge is -2.25. The number of hydrogen-bond donors (Lipinski definition) is 5. The van der Waals surface area contributed by atoms with Crippen molar-refractivity contribution < 1.29 is 24.9 Å². The SMILES string of the molecule is NC(=O)CC[C@@H]1O[C@@H](n2cnc3c(N)nc(C#CCC4CCC(CO)CC4)nc32)[C@H](O)[C@H]1O. The number of aliphatic hydroxyl groups is 3. The van der Waals surface area contributed by atoms with E-state index in [0.29, 0.717) is 23.0 Å². The molecule has 4 rings (SSSR count). The first-order valence-electron chi connectivity index (χ1n) is 11.3. The molecule has 2 aromatic rings. The van der Waals surface area contributed by atoms with Crippen LogP contribution in [0.15, 0.2) is 6.33 Å². The van der Waals surface area contributed by atoms with Crippen LogP contribution in [0.4, 0.5) is 5.82 Å². The van der Waals surface area contributed by atoms with Crippen molar-refractivity contribution in [1.29, 1.82) is 0 Å². The minimum Gasteiger partial charge on any atom is -0.396 e. The highest BCUT2D eigenvalue weighted by molar-refractivity contribution is 5.82. The number of rotatable bonds is 6. The molecule has 3 heterocycles. The summed E-state index contributed by atoms with van der Waals surface area (Å²) in [5.41, 5.74) is 11.9. The Labute approximate surface area is 191 Å². The Hall–Kier alpha value is -2.78. The number of hydrogen-bond acceptors (Lipinski definition) is 9. The summed E-state index contributed by atoms with van der Waals surface area (Å²) in [7, 11) is 0. The van der Waals surface area contributed by atoms with Gasteiger partial charge in [0.05, 0.1) is 12.4 Å². The van der Waals surface area contributed by atoms with Gasteiger partial charge in [-0.2, -0.15) is 0 Å². The molecule has 7 N–H and O–H groups in total. The molecule has 2 aliphatic rings. The van der Waals surface area contributed by atoms with Crippen molar-refractivity contribution in [2.24, 2.45) is 17.6 Å². The number of carbonyl (C=O) groups excluding carboxylic acids is 1.